The summed E-state index contributed by atoms with van der Waals surface area (Å²) >= 11 is 0. The van der Waals surface area contributed by atoms with Crippen molar-refractivity contribution in [2.45, 2.75) is 34.4 Å². The third-order valence-electron chi connectivity index (χ3n) is 5.35. The van der Waals surface area contributed by atoms with E-state index in [2.05, 4.69) is 4.74 Å². The van der Waals surface area contributed by atoms with Gasteiger partial charge in [0.05, 0.1) is 10.6 Å². The molecule has 1 aliphatic rings. The van der Waals surface area contributed by atoms with Gasteiger partial charge in [-0.15, -0.1) is 13.2 Å². The molecule has 0 atom stereocenters. The zero-order chi connectivity index (χ0) is 25.7. The van der Waals surface area contributed by atoms with Crippen molar-refractivity contribution in [1.29, 1.82) is 0 Å². The Morgan fingerprint density at radius 2 is 1.44 bits per heavy atom. The van der Waals surface area contributed by atoms with E-state index in [9.17, 15) is 52.0 Å². The monoisotopic (exact) mass is 538 g/mol. The molecule has 34 heavy (non-hydrogen) atoms. The summed E-state index contributed by atoms with van der Waals surface area (Å²) < 4.78 is 155. The van der Waals surface area contributed by atoms with Crippen LogP contribution in [-0.4, -0.2) is 34.5 Å². The summed E-state index contributed by atoms with van der Waals surface area (Å²) in [5, 5.41) is 0. The fourth-order valence-corrected chi connectivity index (χ4v) is 7.22. The topological polar surface area (TPSA) is 77.5 Å². The second-order valence-electron chi connectivity index (χ2n) is 7.64. The lowest BCUT2D eigenvalue weighted by Gasteiger charge is -2.47. The maximum absolute atomic E-state index is 14.6. The van der Waals surface area contributed by atoms with Crippen LogP contribution in [0.5, 0.6) is 5.75 Å². The lowest BCUT2D eigenvalue weighted by molar-refractivity contribution is -0.274. The summed E-state index contributed by atoms with van der Waals surface area (Å²) in [4.78, 5) is -0.650. The number of sulfone groups is 2. The van der Waals surface area contributed by atoms with Gasteiger partial charge in [0, 0.05) is 5.56 Å². The Kier molecular flexibility index (Phi) is 6.44. The summed E-state index contributed by atoms with van der Waals surface area (Å²) in [7, 11) is -10.4. The SMILES string of the molecule is O=S(=O)(CC1CC(c2cc(F)ccc2F)(S(=O)(=O)c2ccc(OC(F)(F)F)cc2)C1)C(F)(F)F. The molecule has 0 bridgehead atoms. The Hall–Kier alpha value is -2.42. The molecular weight excluding hydrogens is 524 g/mol. The minimum atomic E-state index is -5.63. The lowest BCUT2D eigenvalue weighted by Crippen LogP contribution is -2.51. The highest BCUT2D eigenvalue weighted by Crippen LogP contribution is 2.55. The summed E-state index contributed by atoms with van der Waals surface area (Å²) in [6.07, 6.45) is -6.67. The van der Waals surface area contributed by atoms with E-state index in [1.807, 2.05) is 0 Å². The van der Waals surface area contributed by atoms with Crippen molar-refractivity contribution in [2.24, 2.45) is 5.92 Å². The first kappa shape index (κ1) is 26.2. The molecule has 2 aromatic rings. The number of halogens is 8. The van der Waals surface area contributed by atoms with Crippen molar-refractivity contribution >= 4 is 19.7 Å². The first-order valence-corrected chi connectivity index (χ1v) is 12.4. The molecule has 5 nitrogen and oxygen atoms in total. The number of hydrogen-bond acceptors (Lipinski definition) is 5. The van der Waals surface area contributed by atoms with E-state index in [4.69, 9.17) is 0 Å². The molecule has 1 aliphatic carbocycles. The van der Waals surface area contributed by atoms with Crippen LogP contribution in [0.1, 0.15) is 18.4 Å². The largest absolute Gasteiger partial charge is 0.573 e. The van der Waals surface area contributed by atoms with Gasteiger partial charge in [-0.1, -0.05) is 0 Å². The highest BCUT2D eigenvalue weighted by Gasteiger charge is 2.59. The highest BCUT2D eigenvalue weighted by molar-refractivity contribution is 7.93. The van der Waals surface area contributed by atoms with Crippen LogP contribution in [0.25, 0.3) is 0 Å². The number of ether oxygens (including phenoxy) is 1. The van der Waals surface area contributed by atoms with Gasteiger partial charge in [-0.25, -0.2) is 25.6 Å². The number of rotatable bonds is 6. The molecule has 0 radical (unpaired) electrons. The van der Waals surface area contributed by atoms with Crippen molar-refractivity contribution in [3.05, 3.63) is 59.7 Å². The third-order valence-corrected chi connectivity index (χ3v) is 9.44. The Labute approximate surface area is 188 Å². The van der Waals surface area contributed by atoms with E-state index in [-0.39, 0.29) is 0 Å². The molecule has 0 aliphatic heterocycles. The van der Waals surface area contributed by atoms with Gasteiger partial charge in [0.1, 0.15) is 22.1 Å². The van der Waals surface area contributed by atoms with E-state index in [0.29, 0.717) is 42.5 Å². The summed E-state index contributed by atoms with van der Waals surface area (Å²) in [5.41, 5.74) is -6.33. The quantitative estimate of drug-likeness (QED) is 0.491. The van der Waals surface area contributed by atoms with E-state index >= 15 is 0 Å². The van der Waals surface area contributed by atoms with Crippen LogP contribution >= 0.6 is 0 Å². The first-order chi connectivity index (χ1) is 15.4. The molecule has 188 valence electrons. The van der Waals surface area contributed by atoms with Gasteiger partial charge in [0.25, 0.3) is 0 Å². The van der Waals surface area contributed by atoms with E-state index in [1.165, 1.54) is 0 Å². The van der Waals surface area contributed by atoms with Crippen molar-refractivity contribution in [2.75, 3.05) is 5.75 Å². The van der Waals surface area contributed by atoms with Crippen LogP contribution in [0.2, 0.25) is 0 Å². The second-order valence-corrected chi connectivity index (χ2v) is 11.9. The fourth-order valence-electron chi connectivity index (χ4n) is 3.87. The van der Waals surface area contributed by atoms with Crippen LogP contribution in [0.15, 0.2) is 47.4 Å². The smallest absolute Gasteiger partial charge is 0.406 e. The van der Waals surface area contributed by atoms with Crippen LogP contribution in [0.4, 0.5) is 35.1 Å². The molecule has 1 fully saturated rings. The summed E-state index contributed by atoms with van der Waals surface area (Å²) in [5.74, 6) is -5.88. The van der Waals surface area contributed by atoms with Crippen LogP contribution in [0, 0.1) is 17.6 Å². The molecule has 0 spiro atoms. The normalized spacial score (nSPS) is 21.7. The standard InChI is InChI=1S/C19H14F8O5S2/c20-12-1-6-16(21)15(7-12)17(8-11(9-17)10-33(28,29)19(25,26)27)34(30,31)14-4-2-13(3-5-14)32-18(22,23)24/h1-7,11H,8-10H2. The molecule has 0 saturated heterocycles. The number of benzene rings is 2. The molecule has 1 saturated carbocycles. The predicted octanol–water partition coefficient (Wildman–Crippen LogP) is 4.88. The number of hydrogen-bond donors (Lipinski definition) is 0. The highest BCUT2D eigenvalue weighted by atomic mass is 32.2. The van der Waals surface area contributed by atoms with Gasteiger partial charge in [0.2, 0.25) is 9.84 Å². The minimum Gasteiger partial charge on any atom is -0.406 e. The molecule has 0 heterocycles. The second kappa shape index (κ2) is 8.36. The van der Waals surface area contributed by atoms with E-state index in [0.717, 1.165) is 0 Å². The molecule has 0 unspecified atom stereocenters. The maximum atomic E-state index is 14.6. The Balaban J connectivity index is 2.03. The fraction of sp³-hybridized carbons (Fsp3) is 0.368. The molecule has 15 heteroatoms. The number of alkyl halides is 6. The Morgan fingerprint density at radius 3 is 1.94 bits per heavy atom. The van der Waals surface area contributed by atoms with Gasteiger partial charge in [-0.05, 0) is 61.2 Å². The van der Waals surface area contributed by atoms with Crippen molar-refractivity contribution in [3.8, 4) is 5.75 Å². The zero-order valence-corrected chi connectivity index (χ0v) is 18.3. The molecule has 0 N–H and O–H groups in total. The van der Waals surface area contributed by atoms with Gasteiger partial charge in [-0.2, -0.15) is 13.2 Å². The van der Waals surface area contributed by atoms with Gasteiger partial charge < -0.3 is 4.74 Å². The summed E-state index contributed by atoms with van der Waals surface area (Å²) in [6.45, 7) is 0. The molecule has 0 aromatic heterocycles. The average Bonchev–Trinajstić information content (AvgIpc) is 2.64. The van der Waals surface area contributed by atoms with Gasteiger partial charge in [-0.3, -0.25) is 0 Å². The van der Waals surface area contributed by atoms with Crippen molar-refractivity contribution in [1.82, 2.24) is 0 Å². The van der Waals surface area contributed by atoms with Gasteiger partial charge >= 0.3 is 11.9 Å². The Morgan fingerprint density at radius 1 is 0.882 bits per heavy atom. The van der Waals surface area contributed by atoms with Crippen LogP contribution < -0.4 is 4.74 Å². The van der Waals surface area contributed by atoms with Crippen molar-refractivity contribution in [3.63, 3.8) is 0 Å². The maximum Gasteiger partial charge on any atom is 0.573 e. The third kappa shape index (κ3) is 4.85. The van der Waals surface area contributed by atoms with Crippen molar-refractivity contribution < 1.29 is 56.7 Å². The zero-order valence-electron chi connectivity index (χ0n) is 16.6. The molecule has 3 rings (SSSR count). The van der Waals surface area contributed by atoms with E-state index in [1.54, 1.807) is 0 Å². The lowest BCUT2D eigenvalue weighted by atomic mass is 9.71. The first-order valence-electron chi connectivity index (χ1n) is 9.23. The Bertz CT molecular complexity index is 1280. The predicted molar refractivity (Wildman–Crippen MR) is 101 cm³/mol. The summed E-state index contributed by atoms with van der Waals surface area (Å²) in [6, 6.07) is 4.52. The van der Waals surface area contributed by atoms with Crippen LogP contribution in [0.3, 0.4) is 0 Å². The minimum absolute atomic E-state index is 0.530. The molecule has 0 amide bonds. The molecular formula is C19H14F8O5S2. The van der Waals surface area contributed by atoms with E-state index < -0.39 is 88.6 Å². The molecule has 2 aromatic carbocycles. The van der Waals surface area contributed by atoms with Crippen LogP contribution in [-0.2, 0) is 24.4 Å². The average molecular weight is 538 g/mol. The van der Waals surface area contributed by atoms with Gasteiger partial charge in [0.15, 0.2) is 9.84 Å².